The molecule has 1 aliphatic heterocycles. The Hall–Kier alpha value is -3.29. The third kappa shape index (κ3) is 6.31. The fraction of sp³-hybridized carbons (Fsp3) is 0.346. The summed E-state index contributed by atoms with van der Waals surface area (Å²) in [5.41, 5.74) is 1.11. The maximum Gasteiger partial charge on any atom is 0.355 e. The molecular weight excluding hydrogens is 550 g/mol. The Kier molecular flexibility index (Phi) is 8.42. The van der Waals surface area contributed by atoms with Crippen LogP contribution in [0.4, 0.5) is 20.2 Å². The number of para-hydroxylation sites is 1. The summed E-state index contributed by atoms with van der Waals surface area (Å²) in [6.45, 7) is 0.783. The van der Waals surface area contributed by atoms with Crippen LogP contribution in [0.2, 0.25) is 0 Å². The van der Waals surface area contributed by atoms with Crippen LogP contribution in [0.3, 0.4) is 0 Å². The summed E-state index contributed by atoms with van der Waals surface area (Å²) in [6, 6.07) is 11.5. The van der Waals surface area contributed by atoms with Crippen LogP contribution in [0.5, 0.6) is 5.75 Å². The molecule has 1 atom stereocenters. The first-order valence-corrected chi connectivity index (χ1v) is 14.6. The second-order valence-electron chi connectivity index (χ2n) is 9.19. The zero-order valence-electron chi connectivity index (χ0n) is 21.5. The van der Waals surface area contributed by atoms with Gasteiger partial charge in [-0.05, 0) is 37.8 Å². The molecule has 0 saturated carbocycles. The van der Waals surface area contributed by atoms with Gasteiger partial charge in [0.2, 0.25) is 15.9 Å². The Morgan fingerprint density at radius 3 is 2.62 bits per heavy atom. The number of benzene rings is 2. The Bertz CT molecular complexity index is 1450. The molecule has 0 unspecified atom stereocenters. The van der Waals surface area contributed by atoms with E-state index in [0.717, 1.165) is 17.6 Å². The van der Waals surface area contributed by atoms with Crippen molar-refractivity contribution in [2.75, 3.05) is 24.7 Å². The van der Waals surface area contributed by atoms with Crippen molar-refractivity contribution in [2.45, 2.75) is 48.1 Å². The lowest BCUT2D eigenvalue weighted by Gasteiger charge is -2.30. The number of hydrogen-bond acceptors (Lipinski definition) is 8. The number of thioether (sulfide) groups is 1. The number of hydrogen-bond donors (Lipinski definition) is 1. The summed E-state index contributed by atoms with van der Waals surface area (Å²) >= 11 is 1.33. The molecule has 2 heterocycles. The molecule has 0 spiro atoms. The highest BCUT2D eigenvalue weighted by atomic mass is 32.2. The van der Waals surface area contributed by atoms with Crippen molar-refractivity contribution in [3.63, 3.8) is 0 Å². The maximum absolute atomic E-state index is 13.9. The van der Waals surface area contributed by atoms with Crippen molar-refractivity contribution in [3.8, 4) is 5.75 Å². The first kappa shape index (κ1) is 28.7. The Balaban J connectivity index is 1.81. The molecule has 0 fully saturated rings. The molecule has 208 valence electrons. The lowest BCUT2D eigenvalue weighted by Crippen LogP contribution is -2.41. The van der Waals surface area contributed by atoms with Crippen LogP contribution < -0.4 is 9.64 Å². The summed E-state index contributed by atoms with van der Waals surface area (Å²) in [4.78, 5) is 21.6. The number of anilines is 2. The molecule has 1 aromatic heterocycles. The van der Waals surface area contributed by atoms with E-state index in [1.54, 1.807) is 12.3 Å². The molecule has 3 aromatic rings. The minimum atomic E-state index is -4.13. The first-order chi connectivity index (χ1) is 18.4. The summed E-state index contributed by atoms with van der Waals surface area (Å²) < 4.78 is 62.4. The van der Waals surface area contributed by atoms with Crippen LogP contribution in [-0.4, -0.2) is 65.6 Å². The van der Waals surface area contributed by atoms with Gasteiger partial charge >= 0.3 is 5.97 Å². The van der Waals surface area contributed by atoms with Crippen molar-refractivity contribution in [1.82, 2.24) is 14.3 Å². The number of carboxylic acids is 1. The van der Waals surface area contributed by atoms with Crippen LogP contribution >= 0.6 is 11.8 Å². The predicted molar refractivity (Wildman–Crippen MR) is 144 cm³/mol. The molecule has 1 aliphatic rings. The smallest absolute Gasteiger partial charge is 0.355 e. The second-order valence-corrected chi connectivity index (χ2v) is 12.0. The Morgan fingerprint density at radius 2 is 1.97 bits per heavy atom. The number of sulfonamides is 1. The summed E-state index contributed by atoms with van der Waals surface area (Å²) in [5, 5.41) is 9.42. The lowest BCUT2D eigenvalue weighted by atomic mass is 10.1. The van der Waals surface area contributed by atoms with Gasteiger partial charge in [-0.3, -0.25) is 0 Å². The molecular formula is C26H28F2N4O5S2. The molecule has 13 heteroatoms. The standard InChI is InChI=1S/C26H28F2N4O5S2/c1-26(27,28)10-9-19-14-32(18-7-5-4-6-8-18)20-11-22(38-3)21(12-23(20)39(35,36)31(19)2)37-15-17-13-29-16-30-24(17)25(33)34/h4-8,11-13,16,19H,9-10,14-15H2,1-3H3,(H,33,34)/t19-/m1/s1. The van der Waals surface area contributed by atoms with E-state index in [9.17, 15) is 27.1 Å². The number of halogens is 2. The number of aromatic nitrogens is 2. The maximum atomic E-state index is 13.9. The zero-order valence-corrected chi connectivity index (χ0v) is 23.2. The summed E-state index contributed by atoms with van der Waals surface area (Å²) in [6.07, 6.45) is 3.75. The van der Waals surface area contributed by atoms with E-state index in [1.165, 1.54) is 31.1 Å². The van der Waals surface area contributed by atoms with E-state index in [2.05, 4.69) is 9.97 Å². The highest BCUT2D eigenvalue weighted by molar-refractivity contribution is 7.98. The highest BCUT2D eigenvalue weighted by Crippen LogP contribution is 2.44. The largest absolute Gasteiger partial charge is 0.488 e. The number of nitrogens with zero attached hydrogens (tertiary/aromatic N) is 4. The van der Waals surface area contributed by atoms with Gasteiger partial charge in [0.15, 0.2) is 5.69 Å². The van der Waals surface area contributed by atoms with E-state index in [-0.39, 0.29) is 41.5 Å². The van der Waals surface area contributed by atoms with Crippen molar-refractivity contribution >= 4 is 39.1 Å². The van der Waals surface area contributed by atoms with Gasteiger partial charge in [0.05, 0.1) is 10.6 Å². The third-order valence-electron chi connectivity index (χ3n) is 6.46. The van der Waals surface area contributed by atoms with Crippen LogP contribution in [0.25, 0.3) is 0 Å². The molecule has 0 aliphatic carbocycles. The monoisotopic (exact) mass is 578 g/mol. The third-order valence-corrected chi connectivity index (χ3v) is 9.16. The number of carboxylic acid groups (broad SMARTS) is 1. The minimum Gasteiger partial charge on any atom is -0.488 e. The van der Waals surface area contributed by atoms with Gasteiger partial charge in [-0.2, -0.15) is 4.31 Å². The van der Waals surface area contributed by atoms with Crippen molar-refractivity contribution < 1.29 is 31.8 Å². The fourth-order valence-corrected chi connectivity index (χ4v) is 6.47. The lowest BCUT2D eigenvalue weighted by molar-refractivity contribution is 0.00679. The van der Waals surface area contributed by atoms with E-state index < -0.39 is 34.4 Å². The van der Waals surface area contributed by atoms with E-state index in [1.807, 2.05) is 35.2 Å². The van der Waals surface area contributed by atoms with Crippen LogP contribution in [0.1, 0.15) is 35.8 Å². The second kappa shape index (κ2) is 11.4. The molecule has 0 saturated heterocycles. The van der Waals surface area contributed by atoms with Gasteiger partial charge in [0.25, 0.3) is 0 Å². The SMILES string of the molecule is CSc1cc2c(cc1OCc1cncnc1C(=O)O)S(=O)(=O)N(C)[C@H](CCC(C)(F)F)CN2c1ccccc1. The number of alkyl halides is 2. The van der Waals surface area contributed by atoms with Gasteiger partial charge in [0, 0.05) is 49.6 Å². The number of rotatable bonds is 9. The van der Waals surface area contributed by atoms with E-state index >= 15 is 0 Å². The molecule has 2 aromatic carbocycles. The first-order valence-electron chi connectivity index (χ1n) is 12.0. The molecule has 9 nitrogen and oxygen atoms in total. The van der Waals surface area contributed by atoms with Gasteiger partial charge < -0.3 is 14.7 Å². The van der Waals surface area contributed by atoms with Crippen LogP contribution in [-0.2, 0) is 16.6 Å². The number of fused-ring (bicyclic) bond motifs is 1. The Labute approximate surface area is 229 Å². The Morgan fingerprint density at radius 1 is 1.26 bits per heavy atom. The van der Waals surface area contributed by atoms with Crippen molar-refractivity contribution in [2.24, 2.45) is 0 Å². The molecule has 1 N–H and O–H groups in total. The molecule has 0 amide bonds. The van der Waals surface area contributed by atoms with Gasteiger partial charge in [-0.1, -0.05) is 18.2 Å². The van der Waals surface area contributed by atoms with Gasteiger partial charge in [-0.25, -0.2) is 32.0 Å². The number of aromatic carboxylic acids is 1. The van der Waals surface area contributed by atoms with Gasteiger partial charge in [-0.15, -0.1) is 11.8 Å². The molecule has 0 bridgehead atoms. The quantitative estimate of drug-likeness (QED) is 0.349. The number of ether oxygens (including phenoxy) is 1. The molecule has 39 heavy (non-hydrogen) atoms. The molecule has 4 rings (SSSR count). The van der Waals surface area contributed by atoms with Gasteiger partial charge in [0.1, 0.15) is 23.6 Å². The minimum absolute atomic E-state index is 0.0404. The normalized spacial score (nSPS) is 17.4. The van der Waals surface area contributed by atoms with E-state index in [4.69, 9.17) is 4.74 Å². The van der Waals surface area contributed by atoms with Crippen LogP contribution in [0.15, 0.2) is 64.8 Å². The summed E-state index contributed by atoms with van der Waals surface area (Å²) in [5.74, 6) is -3.95. The van der Waals surface area contributed by atoms with Crippen molar-refractivity contribution in [3.05, 3.63) is 66.2 Å². The fourth-order valence-electron chi connectivity index (χ4n) is 4.35. The highest BCUT2D eigenvalue weighted by Gasteiger charge is 2.39. The zero-order chi connectivity index (χ0) is 28.4. The predicted octanol–water partition coefficient (Wildman–Crippen LogP) is 5.05. The number of carbonyl (C=O) groups is 1. The van der Waals surface area contributed by atoms with Crippen LogP contribution in [0, 0.1) is 0 Å². The molecule has 0 radical (unpaired) electrons. The number of likely N-dealkylation sites (N-methyl/N-ethyl adjacent to an activating group) is 1. The summed E-state index contributed by atoms with van der Waals surface area (Å²) in [7, 11) is -2.73. The average molecular weight is 579 g/mol. The van der Waals surface area contributed by atoms with E-state index in [0.29, 0.717) is 16.3 Å². The van der Waals surface area contributed by atoms with Crippen molar-refractivity contribution in [1.29, 1.82) is 0 Å². The average Bonchev–Trinajstić information content (AvgIpc) is 2.98. The topological polar surface area (TPSA) is 113 Å².